The highest BCUT2D eigenvalue weighted by atomic mass is 32.2. The third-order valence-corrected chi connectivity index (χ3v) is 5.34. The first-order valence-electron chi connectivity index (χ1n) is 9.06. The molecule has 2 aromatic carbocycles. The Morgan fingerprint density at radius 3 is 2.82 bits per heavy atom. The van der Waals surface area contributed by atoms with Gasteiger partial charge in [-0.1, -0.05) is 24.3 Å². The Hall–Kier alpha value is -2.98. The van der Waals surface area contributed by atoms with E-state index in [0.717, 1.165) is 10.6 Å². The number of carbonyl (C=O) groups is 2. The van der Waals surface area contributed by atoms with E-state index in [-0.39, 0.29) is 24.8 Å². The third-order valence-electron chi connectivity index (χ3n) is 4.27. The van der Waals surface area contributed by atoms with E-state index in [1.54, 1.807) is 11.8 Å². The van der Waals surface area contributed by atoms with E-state index < -0.39 is 6.10 Å². The number of rotatable bonds is 7. The monoisotopic (exact) mass is 395 g/mol. The van der Waals surface area contributed by atoms with Crippen molar-refractivity contribution in [2.45, 2.75) is 30.8 Å². The van der Waals surface area contributed by atoms with Crippen molar-refractivity contribution in [3.63, 3.8) is 0 Å². The Balaban J connectivity index is 1.64. The number of nitrogens with zero attached hydrogens (tertiary/aromatic N) is 2. The van der Waals surface area contributed by atoms with Gasteiger partial charge in [0.2, 0.25) is 5.91 Å². The summed E-state index contributed by atoms with van der Waals surface area (Å²) in [5, 5.41) is 11.6. The number of carbonyl (C=O) groups excluding carboxylic acids is 2. The van der Waals surface area contributed by atoms with Gasteiger partial charge in [0.15, 0.2) is 6.10 Å². The van der Waals surface area contributed by atoms with E-state index in [1.165, 1.54) is 11.8 Å². The summed E-state index contributed by atoms with van der Waals surface area (Å²) in [7, 11) is 0. The summed E-state index contributed by atoms with van der Waals surface area (Å²) < 4.78 is 5.62. The molecule has 0 saturated heterocycles. The van der Waals surface area contributed by atoms with Gasteiger partial charge >= 0.3 is 0 Å². The molecule has 0 aromatic heterocycles. The lowest BCUT2D eigenvalue weighted by atomic mass is 10.1. The molecular weight excluding hydrogens is 374 g/mol. The van der Waals surface area contributed by atoms with Gasteiger partial charge < -0.3 is 15.0 Å². The van der Waals surface area contributed by atoms with Gasteiger partial charge in [0.25, 0.3) is 5.91 Å². The molecule has 0 unspecified atom stereocenters. The fourth-order valence-electron chi connectivity index (χ4n) is 2.92. The number of anilines is 2. The number of thioether (sulfide) groups is 1. The molecule has 1 atom stereocenters. The standard InChI is InChI=1S/C21H21N3O3S/c1-15-21(26)24(17-8-3-4-9-18(17)27-15)13-11-20(25)23-16-7-2-5-10-19(16)28-14-6-12-22/h2-5,7-10,15H,6,11,13-14H2,1H3,(H,23,25)/t15-/m0/s1. The van der Waals surface area contributed by atoms with Gasteiger partial charge in [-0.15, -0.1) is 11.8 Å². The summed E-state index contributed by atoms with van der Waals surface area (Å²) in [6.07, 6.45) is 0.0449. The Morgan fingerprint density at radius 1 is 1.25 bits per heavy atom. The first-order valence-corrected chi connectivity index (χ1v) is 10.0. The fraction of sp³-hybridized carbons (Fsp3) is 0.286. The molecule has 0 fully saturated rings. The van der Waals surface area contributed by atoms with Gasteiger partial charge in [-0.3, -0.25) is 9.59 Å². The lowest BCUT2D eigenvalue weighted by Gasteiger charge is -2.32. The van der Waals surface area contributed by atoms with Crippen LogP contribution in [0, 0.1) is 11.3 Å². The number of nitrogens with one attached hydrogen (secondary N) is 1. The summed E-state index contributed by atoms with van der Waals surface area (Å²) in [6, 6.07) is 17.0. The minimum atomic E-state index is -0.574. The molecular formula is C21H21N3O3S. The first kappa shape index (κ1) is 19.8. The van der Waals surface area contributed by atoms with Crippen LogP contribution in [-0.4, -0.2) is 30.2 Å². The first-order chi connectivity index (χ1) is 13.6. The van der Waals surface area contributed by atoms with Gasteiger partial charge in [-0.05, 0) is 31.2 Å². The number of fused-ring (bicyclic) bond motifs is 1. The summed E-state index contributed by atoms with van der Waals surface area (Å²) in [6.45, 7) is 1.99. The predicted octanol–water partition coefficient (Wildman–Crippen LogP) is 3.84. The van der Waals surface area contributed by atoms with Gasteiger partial charge in [0, 0.05) is 30.0 Å². The molecule has 1 aliphatic rings. The minimum Gasteiger partial charge on any atom is -0.479 e. The fourth-order valence-corrected chi connectivity index (χ4v) is 3.78. The van der Waals surface area contributed by atoms with Crippen molar-refractivity contribution in [3.8, 4) is 11.8 Å². The molecule has 7 heteroatoms. The van der Waals surface area contributed by atoms with Crippen molar-refractivity contribution in [2.75, 3.05) is 22.5 Å². The zero-order valence-electron chi connectivity index (χ0n) is 15.6. The molecule has 28 heavy (non-hydrogen) atoms. The van der Waals surface area contributed by atoms with Gasteiger partial charge in [0.1, 0.15) is 5.75 Å². The molecule has 1 aliphatic heterocycles. The second-order valence-corrected chi connectivity index (χ2v) is 7.41. The number of amides is 2. The van der Waals surface area contributed by atoms with Crippen molar-refractivity contribution >= 4 is 35.0 Å². The van der Waals surface area contributed by atoms with Gasteiger partial charge in [-0.25, -0.2) is 0 Å². The second-order valence-electron chi connectivity index (χ2n) is 6.27. The Bertz CT molecular complexity index is 910. The van der Waals surface area contributed by atoms with Gasteiger partial charge in [0.05, 0.1) is 17.4 Å². The lowest BCUT2D eigenvalue weighted by Crippen LogP contribution is -2.45. The topological polar surface area (TPSA) is 82.4 Å². The Kier molecular flexibility index (Phi) is 6.56. The van der Waals surface area contributed by atoms with Crippen LogP contribution >= 0.6 is 11.8 Å². The zero-order valence-corrected chi connectivity index (χ0v) is 16.4. The smallest absolute Gasteiger partial charge is 0.267 e. The minimum absolute atomic E-state index is 0.154. The highest BCUT2D eigenvalue weighted by Gasteiger charge is 2.31. The predicted molar refractivity (Wildman–Crippen MR) is 110 cm³/mol. The number of para-hydroxylation sites is 3. The van der Waals surface area contributed by atoms with E-state index in [0.29, 0.717) is 23.6 Å². The molecule has 0 radical (unpaired) electrons. The van der Waals surface area contributed by atoms with Crippen LogP contribution in [0.15, 0.2) is 53.4 Å². The van der Waals surface area contributed by atoms with Crippen molar-refractivity contribution in [1.82, 2.24) is 0 Å². The van der Waals surface area contributed by atoms with Gasteiger partial charge in [-0.2, -0.15) is 5.26 Å². The number of hydrogen-bond donors (Lipinski definition) is 1. The highest BCUT2D eigenvalue weighted by molar-refractivity contribution is 7.99. The van der Waals surface area contributed by atoms with Crippen LogP contribution in [0.1, 0.15) is 19.8 Å². The van der Waals surface area contributed by atoms with Crippen LogP contribution in [0.5, 0.6) is 5.75 Å². The van der Waals surface area contributed by atoms with Crippen LogP contribution in [0.25, 0.3) is 0 Å². The second kappa shape index (κ2) is 9.29. The lowest BCUT2D eigenvalue weighted by molar-refractivity contribution is -0.125. The van der Waals surface area contributed by atoms with Crippen molar-refractivity contribution in [3.05, 3.63) is 48.5 Å². The maximum atomic E-state index is 12.5. The number of nitriles is 1. The van der Waals surface area contributed by atoms with Crippen LogP contribution in [0.2, 0.25) is 0 Å². The average molecular weight is 395 g/mol. The quantitative estimate of drug-likeness (QED) is 0.569. The zero-order chi connectivity index (χ0) is 19.9. The Morgan fingerprint density at radius 2 is 2.00 bits per heavy atom. The summed E-state index contributed by atoms with van der Waals surface area (Å²) in [4.78, 5) is 27.5. The molecule has 3 rings (SSSR count). The maximum absolute atomic E-state index is 12.5. The van der Waals surface area contributed by atoms with E-state index in [2.05, 4.69) is 11.4 Å². The number of ether oxygens (including phenoxy) is 1. The van der Waals surface area contributed by atoms with Crippen LogP contribution in [-0.2, 0) is 9.59 Å². The molecule has 2 aromatic rings. The largest absolute Gasteiger partial charge is 0.479 e. The molecule has 2 amide bonds. The summed E-state index contributed by atoms with van der Waals surface area (Å²) >= 11 is 1.53. The SMILES string of the molecule is C[C@@H]1Oc2ccccc2N(CCC(=O)Nc2ccccc2SCCC#N)C1=O. The van der Waals surface area contributed by atoms with Crippen LogP contribution < -0.4 is 15.0 Å². The molecule has 0 saturated carbocycles. The summed E-state index contributed by atoms with van der Waals surface area (Å²) in [5.74, 6) is 0.992. The molecule has 6 nitrogen and oxygen atoms in total. The molecule has 1 heterocycles. The van der Waals surface area contributed by atoms with Crippen molar-refractivity contribution in [2.24, 2.45) is 0 Å². The molecule has 1 N–H and O–H groups in total. The van der Waals surface area contributed by atoms with E-state index >= 15 is 0 Å². The van der Waals surface area contributed by atoms with Crippen molar-refractivity contribution in [1.29, 1.82) is 5.26 Å². The van der Waals surface area contributed by atoms with E-state index in [9.17, 15) is 9.59 Å². The molecule has 0 aliphatic carbocycles. The molecule has 0 bridgehead atoms. The van der Waals surface area contributed by atoms with E-state index in [1.807, 2.05) is 48.5 Å². The average Bonchev–Trinajstić information content (AvgIpc) is 2.70. The third kappa shape index (κ3) is 4.65. The number of hydrogen-bond acceptors (Lipinski definition) is 5. The molecule has 144 valence electrons. The Labute approximate surface area is 168 Å². The van der Waals surface area contributed by atoms with Crippen LogP contribution in [0.3, 0.4) is 0 Å². The van der Waals surface area contributed by atoms with E-state index in [4.69, 9.17) is 10.00 Å². The maximum Gasteiger partial charge on any atom is 0.267 e. The molecule has 0 spiro atoms. The van der Waals surface area contributed by atoms with Crippen LogP contribution in [0.4, 0.5) is 11.4 Å². The number of benzene rings is 2. The summed E-state index contributed by atoms with van der Waals surface area (Å²) in [5.41, 5.74) is 1.41. The highest BCUT2D eigenvalue weighted by Crippen LogP contribution is 2.33. The normalized spacial score (nSPS) is 15.4. The van der Waals surface area contributed by atoms with Crippen molar-refractivity contribution < 1.29 is 14.3 Å².